The SMILES string of the molecule is CCOc1cc(CNC(=S)Nc2ccc(Cl)c(C(=O)OC)c2)ccc1OC. The summed E-state index contributed by atoms with van der Waals surface area (Å²) < 4.78 is 15.6. The molecule has 0 aromatic heterocycles. The molecule has 0 atom stereocenters. The first-order valence-electron chi connectivity index (χ1n) is 8.21. The Morgan fingerprint density at radius 3 is 2.59 bits per heavy atom. The first-order chi connectivity index (χ1) is 13.0. The van der Waals surface area contributed by atoms with Crippen molar-refractivity contribution in [3.05, 3.63) is 52.5 Å². The van der Waals surface area contributed by atoms with Crippen LogP contribution in [0.2, 0.25) is 5.02 Å². The molecule has 0 aliphatic heterocycles. The molecule has 0 radical (unpaired) electrons. The molecule has 0 saturated heterocycles. The number of thiocarbonyl (C=S) groups is 1. The predicted octanol–water partition coefficient (Wildman–Crippen LogP) is 4.02. The molecule has 0 saturated carbocycles. The van der Waals surface area contributed by atoms with Crippen molar-refractivity contribution in [3.63, 3.8) is 0 Å². The summed E-state index contributed by atoms with van der Waals surface area (Å²) in [6, 6.07) is 10.6. The molecule has 0 unspecified atom stereocenters. The Morgan fingerprint density at radius 1 is 1.15 bits per heavy atom. The van der Waals surface area contributed by atoms with E-state index in [2.05, 4.69) is 10.6 Å². The first kappa shape index (κ1) is 20.8. The van der Waals surface area contributed by atoms with Crippen molar-refractivity contribution in [2.24, 2.45) is 0 Å². The summed E-state index contributed by atoms with van der Waals surface area (Å²) in [4.78, 5) is 11.7. The molecule has 6 nitrogen and oxygen atoms in total. The Bertz CT molecular complexity index is 829. The average molecular weight is 409 g/mol. The van der Waals surface area contributed by atoms with Gasteiger partial charge in [0.2, 0.25) is 0 Å². The van der Waals surface area contributed by atoms with Crippen molar-refractivity contribution < 1.29 is 19.0 Å². The van der Waals surface area contributed by atoms with Gasteiger partial charge in [-0.2, -0.15) is 0 Å². The second kappa shape index (κ2) is 9.99. The predicted molar refractivity (Wildman–Crippen MR) is 110 cm³/mol. The van der Waals surface area contributed by atoms with Gasteiger partial charge in [-0.1, -0.05) is 17.7 Å². The van der Waals surface area contributed by atoms with Crippen molar-refractivity contribution in [3.8, 4) is 11.5 Å². The number of nitrogens with one attached hydrogen (secondary N) is 2. The Balaban J connectivity index is 2.00. The first-order valence-corrected chi connectivity index (χ1v) is 8.99. The van der Waals surface area contributed by atoms with Crippen LogP contribution in [0.4, 0.5) is 5.69 Å². The Hall–Kier alpha value is -2.51. The monoisotopic (exact) mass is 408 g/mol. The summed E-state index contributed by atoms with van der Waals surface area (Å²) in [5.74, 6) is 0.848. The molecule has 2 N–H and O–H groups in total. The molecule has 0 aliphatic carbocycles. The second-order valence-electron chi connectivity index (χ2n) is 5.41. The molecule has 0 heterocycles. The molecule has 0 bridgehead atoms. The summed E-state index contributed by atoms with van der Waals surface area (Å²) in [6.07, 6.45) is 0. The van der Waals surface area contributed by atoms with Crippen LogP contribution in [0, 0.1) is 0 Å². The second-order valence-corrected chi connectivity index (χ2v) is 6.23. The number of hydrogen-bond donors (Lipinski definition) is 2. The largest absolute Gasteiger partial charge is 0.493 e. The van der Waals surface area contributed by atoms with Gasteiger partial charge in [0.15, 0.2) is 16.6 Å². The highest BCUT2D eigenvalue weighted by molar-refractivity contribution is 7.80. The number of hydrogen-bond acceptors (Lipinski definition) is 5. The molecule has 2 rings (SSSR count). The van der Waals surface area contributed by atoms with E-state index in [4.69, 9.17) is 38.0 Å². The molecule has 0 amide bonds. The summed E-state index contributed by atoms with van der Waals surface area (Å²) in [7, 11) is 2.90. The fourth-order valence-corrected chi connectivity index (χ4v) is 2.71. The van der Waals surface area contributed by atoms with Gasteiger partial charge in [-0.15, -0.1) is 0 Å². The minimum atomic E-state index is -0.510. The molecule has 0 spiro atoms. The lowest BCUT2D eigenvalue weighted by Gasteiger charge is -2.14. The van der Waals surface area contributed by atoms with Crippen LogP contribution in [-0.4, -0.2) is 31.9 Å². The Labute approximate surface area is 168 Å². The van der Waals surface area contributed by atoms with Crippen LogP contribution in [0.25, 0.3) is 0 Å². The van der Waals surface area contributed by atoms with Gasteiger partial charge in [0, 0.05) is 12.2 Å². The van der Waals surface area contributed by atoms with Crippen molar-refractivity contribution in [1.29, 1.82) is 0 Å². The molecule has 8 heteroatoms. The molecular weight excluding hydrogens is 388 g/mol. The minimum absolute atomic E-state index is 0.267. The molecule has 2 aromatic carbocycles. The fraction of sp³-hybridized carbons (Fsp3) is 0.263. The Morgan fingerprint density at radius 2 is 1.93 bits per heavy atom. The number of rotatable bonds is 7. The highest BCUT2D eigenvalue weighted by atomic mass is 35.5. The van der Waals surface area contributed by atoms with E-state index in [1.54, 1.807) is 25.3 Å². The van der Waals surface area contributed by atoms with Gasteiger partial charge in [-0.3, -0.25) is 0 Å². The van der Waals surface area contributed by atoms with Crippen molar-refractivity contribution in [2.45, 2.75) is 13.5 Å². The van der Waals surface area contributed by atoms with E-state index in [1.807, 2.05) is 25.1 Å². The van der Waals surface area contributed by atoms with Crippen LogP contribution in [0.5, 0.6) is 11.5 Å². The summed E-state index contributed by atoms with van der Waals surface area (Å²) in [5, 5.41) is 6.84. The van der Waals surface area contributed by atoms with Gasteiger partial charge in [0.25, 0.3) is 0 Å². The van der Waals surface area contributed by atoms with E-state index in [-0.39, 0.29) is 5.56 Å². The van der Waals surface area contributed by atoms with Crippen molar-refractivity contribution in [1.82, 2.24) is 5.32 Å². The molecular formula is C19H21ClN2O4S. The maximum absolute atomic E-state index is 11.7. The normalized spacial score (nSPS) is 10.1. The number of esters is 1. The number of benzene rings is 2. The van der Waals surface area contributed by atoms with Crippen LogP contribution in [-0.2, 0) is 11.3 Å². The van der Waals surface area contributed by atoms with Crippen molar-refractivity contribution >= 4 is 40.6 Å². The molecule has 144 valence electrons. The van der Waals surface area contributed by atoms with E-state index in [9.17, 15) is 4.79 Å². The highest BCUT2D eigenvalue weighted by Gasteiger charge is 2.12. The van der Waals surface area contributed by atoms with Crippen LogP contribution >= 0.6 is 23.8 Å². The standard InChI is InChI=1S/C19H21ClN2O4S/c1-4-26-17-9-12(5-8-16(17)24-2)11-21-19(27)22-13-6-7-15(20)14(10-13)18(23)25-3/h5-10H,4,11H2,1-3H3,(H2,21,22,27). The number of anilines is 1. The van der Waals surface area contributed by atoms with Gasteiger partial charge < -0.3 is 24.8 Å². The average Bonchev–Trinajstić information content (AvgIpc) is 2.67. The lowest BCUT2D eigenvalue weighted by Crippen LogP contribution is -2.28. The highest BCUT2D eigenvalue weighted by Crippen LogP contribution is 2.28. The lowest BCUT2D eigenvalue weighted by molar-refractivity contribution is 0.0601. The zero-order valence-electron chi connectivity index (χ0n) is 15.3. The van der Waals surface area contributed by atoms with E-state index >= 15 is 0 Å². The van der Waals surface area contributed by atoms with Gasteiger partial charge in [-0.25, -0.2) is 4.79 Å². The Kier molecular flexibility index (Phi) is 7.69. The molecule has 0 aliphatic rings. The maximum Gasteiger partial charge on any atom is 0.339 e. The van der Waals surface area contributed by atoms with Gasteiger partial charge in [-0.05, 0) is 55.0 Å². The van der Waals surface area contributed by atoms with Gasteiger partial charge >= 0.3 is 5.97 Å². The van der Waals surface area contributed by atoms with Crippen molar-refractivity contribution in [2.75, 3.05) is 26.1 Å². The maximum atomic E-state index is 11.7. The number of methoxy groups -OCH3 is 2. The quantitative estimate of drug-likeness (QED) is 0.529. The summed E-state index contributed by atoms with van der Waals surface area (Å²) >= 11 is 11.3. The van der Waals surface area contributed by atoms with E-state index < -0.39 is 5.97 Å². The van der Waals surface area contributed by atoms with Crippen LogP contribution in [0.3, 0.4) is 0 Å². The number of halogens is 1. The van der Waals surface area contributed by atoms with Crippen LogP contribution < -0.4 is 20.1 Å². The number of carbonyl (C=O) groups excluding carboxylic acids is 1. The zero-order chi connectivity index (χ0) is 19.8. The molecule has 0 fully saturated rings. The molecule has 27 heavy (non-hydrogen) atoms. The zero-order valence-corrected chi connectivity index (χ0v) is 16.9. The topological polar surface area (TPSA) is 68.8 Å². The summed E-state index contributed by atoms with van der Waals surface area (Å²) in [6.45, 7) is 2.96. The summed E-state index contributed by atoms with van der Waals surface area (Å²) in [5.41, 5.74) is 1.88. The smallest absolute Gasteiger partial charge is 0.339 e. The third-order valence-corrected chi connectivity index (χ3v) is 4.19. The minimum Gasteiger partial charge on any atom is -0.493 e. The third kappa shape index (κ3) is 5.74. The number of ether oxygens (including phenoxy) is 3. The third-order valence-electron chi connectivity index (χ3n) is 3.61. The van der Waals surface area contributed by atoms with E-state index in [1.165, 1.54) is 7.11 Å². The fourth-order valence-electron chi connectivity index (χ4n) is 2.33. The van der Waals surface area contributed by atoms with Crippen LogP contribution in [0.1, 0.15) is 22.8 Å². The van der Waals surface area contributed by atoms with E-state index in [0.717, 1.165) is 5.56 Å². The van der Waals surface area contributed by atoms with Gasteiger partial charge in [0.05, 0.1) is 31.4 Å². The van der Waals surface area contributed by atoms with E-state index in [0.29, 0.717) is 40.5 Å². The number of carbonyl (C=O) groups is 1. The molecule has 2 aromatic rings. The van der Waals surface area contributed by atoms with Crippen LogP contribution in [0.15, 0.2) is 36.4 Å². The van der Waals surface area contributed by atoms with Gasteiger partial charge in [0.1, 0.15) is 0 Å². The lowest BCUT2D eigenvalue weighted by atomic mass is 10.2.